The van der Waals surface area contributed by atoms with E-state index in [9.17, 15) is 4.39 Å². The molecule has 3 nitrogen and oxygen atoms in total. The molecule has 4 heteroatoms. The number of nitrogens with zero attached hydrogens (tertiary/aromatic N) is 1. The van der Waals surface area contributed by atoms with Gasteiger partial charge in [-0.05, 0) is 12.5 Å². The Labute approximate surface area is 115 Å². The normalized spacial score (nSPS) is 11.0. The molecule has 0 aliphatic heterocycles. The third-order valence-corrected chi connectivity index (χ3v) is 2.87. The Morgan fingerprint density at radius 3 is 2.79 bits per heavy atom. The molecule has 0 atom stereocenters. The topological polar surface area (TPSA) is 34.1 Å². The third kappa shape index (κ3) is 6.01. The second kappa shape index (κ2) is 8.86. The van der Waals surface area contributed by atoms with Crippen molar-refractivity contribution < 1.29 is 9.13 Å². The van der Waals surface area contributed by atoms with Gasteiger partial charge in [-0.3, -0.25) is 0 Å². The van der Waals surface area contributed by atoms with Crippen molar-refractivity contribution in [3.63, 3.8) is 0 Å². The van der Waals surface area contributed by atoms with Crippen LogP contribution in [0.4, 0.5) is 4.39 Å². The zero-order valence-electron chi connectivity index (χ0n) is 12.2. The minimum atomic E-state index is -0.342. The number of hydrogen-bond donors (Lipinski definition) is 1. The Kier molecular flexibility index (Phi) is 7.41. The maximum atomic E-state index is 14.1. The van der Waals surface area contributed by atoms with Crippen molar-refractivity contribution in [3.05, 3.63) is 23.6 Å². The van der Waals surface area contributed by atoms with Gasteiger partial charge in [0.25, 0.3) is 5.88 Å². The molecule has 0 spiro atoms. The number of unbranched alkanes of at least 4 members (excludes halogenated alkanes) is 3. The van der Waals surface area contributed by atoms with Crippen molar-refractivity contribution >= 4 is 0 Å². The standard InChI is InChI=1S/C15H25FN2O/c1-4-5-6-7-10-19-15-14(16)13(8-9-17-15)11-18-12(2)3/h8-9,12,18H,4-7,10-11H2,1-3H3. The van der Waals surface area contributed by atoms with Crippen molar-refractivity contribution in [2.45, 2.75) is 59.0 Å². The number of halogens is 1. The predicted octanol–water partition coefficient (Wildman–Crippen LogP) is 3.68. The second-order valence-corrected chi connectivity index (χ2v) is 5.03. The number of ether oxygens (including phenoxy) is 1. The fraction of sp³-hybridized carbons (Fsp3) is 0.667. The van der Waals surface area contributed by atoms with Gasteiger partial charge in [-0.15, -0.1) is 0 Å². The Bertz CT molecular complexity index is 369. The van der Waals surface area contributed by atoms with E-state index in [4.69, 9.17) is 4.74 Å². The van der Waals surface area contributed by atoms with Crippen molar-refractivity contribution in [2.24, 2.45) is 0 Å². The molecular formula is C15H25FN2O. The van der Waals surface area contributed by atoms with Gasteiger partial charge >= 0.3 is 0 Å². The SMILES string of the molecule is CCCCCCOc1nccc(CNC(C)C)c1F. The van der Waals surface area contributed by atoms with Crippen LogP contribution < -0.4 is 10.1 Å². The molecular weight excluding hydrogens is 243 g/mol. The Hall–Kier alpha value is -1.16. The van der Waals surface area contributed by atoms with Crippen LogP contribution >= 0.6 is 0 Å². The van der Waals surface area contributed by atoms with E-state index in [-0.39, 0.29) is 11.7 Å². The molecule has 0 unspecified atom stereocenters. The average Bonchev–Trinajstić information content (AvgIpc) is 2.38. The lowest BCUT2D eigenvalue weighted by Crippen LogP contribution is -2.22. The summed E-state index contributed by atoms with van der Waals surface area (Å²) in [5, 5.41) is 3.19. The monoisotopic (exact) mass is 268 g/mol. The first kappa shape index (κ1) is 15.9. The molecule has 0 radical (unpaired) electrons. The van der Waals surface area contributed by atoms with Gasteiger partial charge in [-0.25, -0.2) is 9.37 Å². The van der Waals surface area contributed by atoms with E-state index in [1.165, 1.54) is 12.8 Å². The summed E-state index contributed by atoms with van der Waals surface area (Å²) < 4.78 is 19.5. The highest BCUT2D eigenvalue weighted by Crippen LogP contribution is 2.17. The summed E-state index contributed by atoms with van der Waals surface area (Å²) in [6.45, 7) is 7.25. The minimum absolute atomic E-state index is 0.125. The van der Waals surface area contributed by atoms with E-state index in [1.807, 2.05) is 13.8 Å². The van der Waals surface area contributed by atoms with Crippen LogP contribution in [-0.2, 0) is 6.54 Å². The zero-order valence-corrected chi connectivity index (χ0v) is 12.2. The minimum Gasteiger partial charge on any atom is -0.476 e. The lowest BCUT2D eigenvalue weighted by atomic mass is 10.2. The molecule has 1 N–H and O–H groups in total. The van der Waals surface area contributed by atoms with Crippen molar-refractivity contribution in [2.75, 3.05) is 6.61 Å². The van der Waals surface area contributed by atoms with Gasteiger partial charge in [0.15, 0.2) is 5.82 Å². The van der Waals surface area contributed by atoms with Gasteiger partial charge in [0, 0.05) is 24.3 Å². The molecule has 0 saturated heterocycles. The molecule has 108 valence electrons. The van der Waals surface area contributed by atoms with Crippen molar-refractivity contribution in [1.29, 1.82) is 0 Å². The molecule has 19 heavy (non-hydrogen) atoms. The molecule has 0 aliphatic carbocycles. The van der Waals surface area contributed by atoms with Crippen LogP contribution in [0.5, 0.6) is 5.88 Å². The van der Waals surface area contributed by atoms with Crippen LogP contribution in [-0.4, -0.2) is 17.6 Å². The molecule has 1 heterocycles. The summed E-state index contributed by atoms with van der Waals surface area (Å²) in [5.41, 5.74) is 0.604. The van der Waals surface area contributed by atoms with Crippen molar-refractivity contribution in [1.82, 2.24) is 10.3 Å². The highest BCUT2D eigenvalue weighted by molar-refractivity contribution is 5.23. The second-order valence-electron chi connectivity index (χ2n) is 5.03. The number of rotatable bonds is 9. The molecule has 1 rings (SSSR count). The van der Waals surface area contributed by atoms with Gasteiger partial charge < -0.3 is 10.1 Å². The molecule has 0 amide bonds. The first-order valence-corrected chi connectivity index (χ1v) is 7.14. The summed E-state index contributed by atoms with van der Waals surface area (Å²) in [6, 6.07) is 2.01. The Morgan fingerprint density at radius 2 is 2.11 bits per heavy atom. The van der Waals surface area contributed by atoms with E-state index < -0.39 is 0 Å². The highest BCUT2D eigenvalue weighted by Gasteiger charge is 2.10. The third-order valence-electron chi connectivity index (χ3n) is 2.87. The van der Waals surface area contributed by atoms with E-state index in [1.54, 1.807) is 12.3 Å². The maximum Gasteiger partial charge on any atom is 0.250 e. The average molecular weight is 268 g/mol. The molecule has 0 bridgehead atoms. The molecule has 0 fully saturated rings. The lowest BCUT2D eigenvalue weighted by Gasteiger charge is -2.11. The van der Waals surface area contributed by atoms with Gasteiger partial charge in [-0.2, -0.15) is 0 Å². The smallest absolute Gasteiger partial charge is 0.250 e. The summed E-state index contributed by atoms with van der Waals surface area (Å²) in [4.78, 5) is 3.96. The summed E-state index contributed by atoms with van der Waals surface area (Å²) >= 11 is 0. The van der Waals surface area contributed by atoms with E-state index in [0.717, 1.165) is 12.8 Å². The number of hydrogen-bond acceptors (Lipinski definition) is 3. The maximum absolute atomic E-state index is 14.1. The van der Waals surface area contributed by atoms with E-state index >= 15 is 0 Å². The zero-order chi connectivity index (χ0) is 14.1. The molecule has 1 aromatic heterocycles. The highest BCUT2D eigenvalue weighted by atomic mass is 19.1. The number of pyridine rings is 1. The number of aromatic nitrogens is 1. The van der Waals surface area contributed by atoms with Crippen LogP contribution in [0.2, 0.25) is 0 Å². The molecule has 0 aliphatic rings. The van der Waals surface area contributed by atoms with E-state index in [0.29, 0.717) is 24.8 Å². The quantitative estimate of drug-likeness (QED) is 0.694. The summed E-state index contributed by atoms with van der Waals surface area (Å²) in [6.07, 6.45) is 6.04. The molecule has 0 saturated carbocycles. The summed E-state index contributed by atoms with van der Waals surface area (Å²) in [5.74, 6) is -0.217. The van der Waals surface area contributed by atoms with Gasteiger partial charge in [0.2, 0.25) is 0 Å². The predicted molar refractivity (Wildman–Crippen MR) is 75.8 cm³/mol. The van der Waals surface area contributed by atoms with Crippen LogP contribution in [0.25, 0.3) is 0 Å². The van der Waals surface area contributed by atoms with E-state index in [2.05, 4.69) is 17.2 Å². The van der Waals surface area contributed by atoms with Crippen LogP contribution in [0.15, 0.2) is 12.3 Å². The first-order valence-electron chi connectivity index (χ1n) is 7.14. The lowest BCUT2D eigenvalue weighted by molar-refractivity contribution is 0.277. The van der Waals surface area contributed by atoms with Gasteiger partial charge in [-0.1, -0.05) is 40.0 Å². The molecule has 1 aromatic rings. The van der Waals surface area contributed by atoms with Gasteiger partial charge in [0.1, 0.15) is 0 Å². The Morgan fingerprint density at radius 1 is 1.32 bits per heavy atom. The largest absolute Gasteiger partial charge is 0.476 e. The Balaban J connectivity index is 2.47. The van der Waals surface area contributed by atoms with Crippen molar-refractivity contribution in [3.8, 4) is 5.88 Å². The molecule has 0 aromatic carbocycles. The first-order chi connectivity index (χ1) is 9.15. The van der Waals surface area contributed by atoms with Crippen LogP contribution in [0, 0.1) is 5.82 Å². The van der Waals surface area contributed by atoms with Crippen LogP contribution in [0.1, 0.15) is 52.0 Å². The van der Waals surface area contributed by atoms with Crippen LogP contribution in [0.3, 0.4) is 0 Å². The fourth-order valence-corrected chi connectivity index (χ4v) is 1.71. The summed E-state index contributed by atoms with van der Waals surface area (Å²) in [7, 11) is 0. The van der Waals surface area contributed by atoms with Gasteiger partial charge in [0.05, 0.1) is 6.61 Å². The fourth-order valence-electron chi connectivity index (χ4n) is 1.71. The number of nitrogens with one attached hydrogen (secondary N) is 1.